The Hall–Kier alpha value is -2.70. The summed E-state index contributed by atoms with van der Waals surface area (Å²) in [5.74, 6) is 0. The molecule has 6 heteroatoms. The van der Waals surface area contributed by atoms with Gasteiger partial charge >= 0.3 is 0 Å². The number of imidazole rings is 1. The van der Waals surface area contributed by atoms with Gasteiger partial charge in [0.1, 0.15) is 0 Å². The molecule has 0 bridgehead atoms. The molecule has 4 nitrogen and oxygen atoms in total. The minimum Gasteiger partial charge on any atom is -0.318 e. The molecule has 3 aromatic heterocycles. The zero-order valence-electron chi connectivity index (χ0n) is 15.3. The van der Waals surface area contributed by atoms with E-state index in [4.69, 9.17) is 0 Å². The summed E-state index contributed by atoms with van der Waals surface area (Å²) in [6.45, 7) is 4.17. The molecule has 0 saturated carbocycles. The Labute approximate surface area is 173 Å². The molecular formula is C22H16BrN3OS. The first-order chi connectivity index (χ1) is 13.5. The number of hydrogen-bond donors (Lipinski definition) is 0. The molecular weight excluding hydrogens is 434 g/mol. The van der Waals surface area contributed by atoms with Gasteiger partial charge in [-0.3, -0.25) is 4.79 Å². The predicted molar refractivity (Wildman–Crippen MR) is 119 cm³/mol. The van der Waals surface area contributed by atoms with Crippen LogP contribution in [0.1, 0.15) is 17.0 Å². The average molecular weight is 450 g/mol. The number of fused-ring (bicyclic) bond motifs is 3. The fourth-order valence-electron chi connectivity index (χ4n) is 3.67. The van der Waals surface area contributed by atoms with E-state index in [1.807, 2.05) is 42.5 Å². The van der Waals surface area contributed by atoms with E-state index in [1.54, 1.807) is 4.40 Å². The third-order valence-corrected chi connectivity index (χ3v) is 6.48. The molecule has 2 aromatic carbocycles. The number of rotatable bonds is 2. The summed E-state index contributed by atoms with van der Waals surface area (Å²) in [5, 5.41) is 0. The van der Waals surface area contributed by atoms with Gasteiger partial charge in [0, 0.05) is 21.5 Å². The maximum Gasteiger partial charge on any atom is 0.274 e. The van der Waals surface area contributed by atoms with Gasteiger partial charge in [0.15, 0.2) is 4.96 Å². The van der Waals surface area contributed by atoms with Crippen LogP contribution in [-0.2, 0) is 0 Å². The van der Waals surface area contributed by atoms with Gasteiger partial charge in [0.2, 0.25) is 0 Å². The van der Waals surface area contributed by atoms with Crippen molar-refractivity contribution in [3.8, 4) is 5.69 Å². The molecule has 138 valence electrons. The van der Waals surface area contributed by atoms with E-state index in [1.165, 1.54) is 11.3 Å². The van der Waals surface area contributed by atoms with Crippen molar-refractivity contribution in [3.63, 3.8) is 0 Å². The second-order valence-corrected chi connectivity index (χ2v) is 8.70. The van der Waals surface area contributed by atoms with Gasteiger partial charge in [0.05, 0.1) is 15.6 Å². The largest absolute Gasteiger partial charge is 0.318 e. The summed E-state index contributed by atoms with van der Waals surface area (Å²) in [6, 6.07) is 18.1. The van der Waals surface area contributed by atoms with Crippen LogP contribution >= 0.6 is 27.3 Å². The van der Waals surface area contributed by atoms with Gasteiger partial charge in [-0.25, -0.2) is 9.38 Å². The second-order valence-electron chi connectivity index (χ2n) is 6.77. The average Bonchev–Trinajstić information content (AvgIpc) is 3.28. The molecule has 0 atom stereocenters. The van der Waals surface area contributed by atoms with Gasteiger partial charge in [-0.2, -0.15) is 0 Å². The molecule has 3 heterocycles. The van der Waals surface area contributed by atoms with Crippen molar-refractivity contribution in [1.82, 2.24) is 14.0 Å². The highest BCUT2D eigenvalue weighted by Crippen LogP contribution is 2.23. The molecule has 5 rings (SSSR count). The number of halogens is 1. The fourth-order valence-corrected chi connectivity index (χ4v) is 4.92. The Bertz CT molecular complexity index is 1460. The smallest absolute Gasteiger partial charge is 0.274 e. The van der Waals surface area contributed by atoms with Crippen LogP contribution in [0.5, 0.6) is 0 Å². The first kappa shape index (κ1) is 17.4. The Morgan fingerprint density at radius 1 is 1.07 bits per heavy atom. The van der Waals surface area contributed by atoms with Crippen LogP contribution in [-0.4, -0.2) is 14.0 Å². The number of para-hydroxylation sites is 2. The van der Waals surface area contributed by atoms with Crippen molar-refractivity contribution in [2.75, 3.05) is 0 Å². The van der Waals surface area contributed by atoms with E-state index in [9.17, 15) is 4.79 Å². The van der Waals surface area contributed by atoms with Crippen LogP contribution in [0.3, 0.4) is 0 Å². The minimum absolute atomic E-state index is 0.0119. The van der Waals surface area contributed by atoms with Gasteiger partial charge in [-0.1, -0.05) is 39.4 Å². The summed E-state index contributed by atoms with van der Waals surface area (Å²) in [4.78, 5) is 18.3. The highest BCUT2D eigenvalue weighted by molar-refractivity contribution is 9.10. The standard InChI is InChI=1S/C22H16BrN3OS/c1-13-11-15(14(2)25(13)17-9-7-16(23)8-10-17)12-20-21(27)26-19-6-4-3-5-18(19)24-22(26)28-20/h3-12H,1-2H3/b20-12+. The topological polar surface area (TPSA) is 39.3 Å². The first-order valence-corrected chi connectivity index (χ1v) is 10.5. The highest BCUT2D eigenvalue weighted by Gasteiger charge is 2.13. The molecule has 5 aromatic rings. The molecule has 0 amide bonds. The lowest BCUT2D eigenvalue weighted by molar-refractivity contribution is 0.964. The molecule has 0 N–H and O–H groups in total. The number of aryl methyl sites for hydroxylation is 1. The monoisotopic (exact) mass is 449 g/mol. The third kappa shape index (κ3) is 2.64. The lowest BCUT2D eigenvalue weighted by Crippen LogP contribution is -2.22. The lowest BCUT2D eigenvalue weighted by Gasteiger charge is -2.09. The maximum absolute atomic E-state index is 13.0. The molecule has 0 aliphatic heterocycles. The van der Waals surface area contributed by atoms with Crippen LogP contribution in [0.25, 0.3) is 27.8 Å². The van der Waals surface area contributed by atoms with Crippen molar-refractivity contribution in [3.05, 3.63) is 90.9 Å². The summed E-state index contributed by atoms with van der Waals surface area (Å²) in [7, 11) is 0. The van der Waals surface area contributed by atoms with Crippen LogP contribution in [0.2, 0.25) is 0 Å². The summed E-state index contributed by atoms with van der Waals surface area (Å²) in [6.07, 6.45) is 1.98. The maximum atomic E-state index is 13.0. The van der Waals surface area contributed by atoms with E-state index in [-0.39, 0.29) is 5.56 Å². The number of hydrogen-bond acceptors (Lipinski definition) is 3. The number of aromatic nitrogens is 3. The summed E-state index contributed by atoms with van der Waals surface area (Å²) >= 11 is 4.92. The number of nitrogens with zero attached hydrogens (tertiary/aromatic N) is 3. The molecule has 0 aliphatic rings. The predicted octanol–water partition coefficient (Wildman–Crippen LogP) is 4.63. The van der Waals surface area contributed by atoms with E-state index in [0.29, 0.717) is 4.53 Å². The Balaban J connectivity index is 1.70. The molecule has 0 aliphatic carbocycles. The Kier molecular flexibility index (Phi) is 4.00. The number of benzene rings is 2. The van der Waals surface area contributed by atoms with Crippen LogP contribution < -0.4 is 10.1 Å². The van der Waals surface area contributed by atoms with Gasteiger partial charge in [0.25, 0.3) is 5.56 Å². The summed E-state index contributed by atoms with van der Waals surface area (Å²) < 4.78 is 5.66. The minimum atomic E-state index is -0.0119. The number of thiazole rings is 1. The highest BCUT2D eigenvalue weighted by atomic mass is 79.9. The van der Waals surface area contributed by atoms with E-state index >= 15 is 0 Å². The Morgan fingerprint density at radius 3 is 2.61 bits per heavy atom. The SMILES string of the molecule is Cc1cc(/C=c2/sc3nc4ccccc4n3c2=O)c(C)n1-c1ccc(Br)cc1. The quantitative estimate of drug-likeness (QED) is 0.394. The zero-order valence-corrected chi connectivity index (χ0v) is 17.7. The van der Waals surface area contributed by atoms with Gasteiger partial charge in [-0.05, 0) is 68.0 Å². The molecule has 28 heavy (non-hydrogen) atoms. The van der Waals surface area contributed by atoms with E-state index in [2.05, 4.69) is 57.5 Å². The van der Waals surface area contributed by atoms with Crippen LogP contribution in [0.4, 0.5) is 0 Å². The van der Waals surface area contributed by atoms with Crippen molar-refractivity contribution in [2.24, 2.45) is 0 Å². The molecule has 0 spiro atoms. The second kappa shape index (κ2) is 6.43. The van der Waals surface area contributed by atoms with Crippen LogP contribution in [0, 0.1) is 13.8 Å². The van der Waals surface area contributed by atoms with Crippen molar-refractivity contribution >= 4 is 49.3 Å². The van der Waals surface area contributed by atoms with Crippen LogP contribution in [0.15, 0.2) is 63.9 Å². The third-order valence-electron chi connectivity index (χ3n) is 4.99. The summed E-state index contributed by atoms with van der Waals surface area (Å²) in [5.41, 5.74) is 6.09. The van der Waals surface area contributed by atoms with Gasteiger partial charge < -0.3 is 4.57 Å². The Morgan fingerprint density at radius 2 is 1.82 bits per heavy atom. The molecule has 0 fully saturated rings. The normalized spacial score (nSPS) is 12.5. The molecule has 0 saturated heterocycles. The van der Waals surface area contributed by atoms with E-state index < -0.39 is 0 Å². The van der Waals surface area contributed by atoms with Crippen molar-refractivity contribution < 1.29 is 0 Å². The van der Waals surface area contributed by atoms with Crippen molar-refractivity contribution in [2.45, 2.75) is 13.8 Å². The van der Waals surface area contributed by atoms with Gasteiger partial charge in [-0.15, -0.1) is 0 Å². The van der Waals surface area contributed by atoms with Crippen molar-refractivity contribution in [1.29, 1.82) is 0 Å². The lowest BCUT2D eigenvalue weighted by atomic mass is 10.2. The fraction of sp³-hybridized carbons (Fsp3) is 0.0909. The first-order valence-electron chi connectivity index (χ1n) is 8.89. The van der Waals surface area contributed by atoms with E-state index in [0.717, 1.165) is 43.1 Å². The zero-order chi connectivity index (χ0) is 19.4. The molecule has 0 unspecified atom stereocenters. The molecule has 0 radical (unpaired) electrons.